The van der Waals surface area contributed by atoms with Crippen LogP contribution in [0, 0.1) is 0 Å². The molecule has 0 bridgehead atoms. The summed E-state index contributed by atoms with van der Waals surface area (Å²) in [6.07, 6.45) is 0.310. The van der Waals surface area contributed by atoms with Crippen LogP contribution in [0.2, 0.25) is 0 Å². The Kier molecular flexibility index (Phi) is 8.78. The van der Waals surface area contributed by atoms with Crippen LogP contribution in [0.4, 0.5) is 0 Å². The third-order valence-corrected chi connectivity index (χ3v) is 2.63. The van der Waals surface area contributed by atoms with Gasteiger partial charge in [0.25, 0.3) is 0 Å². The molecule has 5 heteroatoms. The van der Waals surface area contributed by atoms with Gasteiger partial charge in [-0.25, -0.2) is 0 Å². The summed E-state index contributed by atoms with van der Waals surface area (Å²) >= 11 is 0. The molecule has 16 heavy (non-hydrogen) atoms. The zero-order valence-electron chi connectivity index (χ0n) is 10.5. The predicted molar refractivity (Wildman–Crippen MR) is 62.2 cm³/mol. The maximum absolute atomic E-state index is 9.25. The number of nitrogens with one attached hydrogen (secondary N) is 1. The first-order chi connectivity index (χ1) is 7.67. The van der Waals surface area contributed by atoms with Crippen LogP contribution in [0.3, 0.4) is 0 Å². The first kappa shape index (κ1) is 15.8. The predicted octanol–water partition coefficient (Wildman–Crippen LogP) is 0.109. The lowest BCUT2D eigenvalue weighted by Crippen LogP contribution is -2.54. The molecule has 0 radical (unpaired) electrons. The summed E-state index contributed by atoms with van der Waals surface area (Å²) in [5, 5.41) is 21.6. The maximum Gasteiger partial charge on any atom is 0.169 e. The van der Waals surface area contributed by atoms with Crippen LogP contribution in [-0.2, 0) is 9.47 Å². The number of rotatable bonds is 10. The molecule has 0 saturated heterocycles. The second-order valence-corrected chi connectivity index (χ2v) is 3.67. The van der Waals surface area contributed by atoms with Crippen molar-refractivity contribution in [3.63, 3.8) is 0 Å². The highest BCUT2D eigenvalue weighted by Gasteiger charge is 2.27. The van der Waals surface area contributed by atoms with E-state index in [2.05, 4.69) is 5.32 Å². The van der Waals surface area contributed by atoms with Crippen molar-refractivity contribution >= 4 is 0 Å². The van der Waals surface area contributed by atoms with Gasteiger partial charge in [0.1, 0.15) is 0 Å². The Bertz CT molecular complexity index is 148. The lowest BCUT2D eigenvalue weighted by atomic mass is 9.98. The summed E-state index contributed by atoms with van der Waals surface area (Å²) in [7, 11) is 0. The number of hydrogen-bond acceptors (Lipinski definition) is 5. The van der Waals surface area contributed by atoms with Crippen molar-refractivity contribution in [1.82, 2.24) is 5.32 Å². The third kappa shape index (κ3) is 5.23. The molecule has 0 heterocycles. The van der Waals surface area contributed by atoms with E-state index in [-0.39, 0.29) is 19.5 Å². The van der Waals surface area contributed by atoms with E-state index in [0.29, 0.717) is 26.2 Å². The molecular formula is C11H25NO4. The van der Waals surface area contributed by atoms with Gasteiger partial charge in [0.05, 0.1) is 18.8 Å². The number of aliphatic hydroxyl groups is 2. The van der Waals surface area contributed by atoms with E-state index in [1.54, 1.807) is 0 Å². The van der Waals surface area contributed by atoms with Crippen molar-refractivity contribution in [3.8, 4) is 0 Å². The van der Waals surface area contributed by atoms with Crippen LogP contribution in [0.5, 0.6) is 0 Å². The first-order valence-corrected chi connectivity index (χ1v) is 5.87. The smallest absolute Gasteiger partial charge is 0.169 e. The molecule has 0 fully saturated rings. The minimum absolute atomic E-state index is 0.106. The summed E-state index contributed by atoms with van der Waals surface area (Å²) < 4.78 is 10.7. The molecule has 0 aliphatic heterocycles. The molecule has 0 aromatic heterocycles. The number of ether oxygens (including phenoxy) is 2. The summed E-state index contributed by atoms with van der Waals surface area (Å²) in [6.45, 7) is 7.10. The molecule has 0 saturated carbocycles. The highest BCUT2D eigenvalue weighted by atomic mass is 16.7. The largest absolute Gasteiger partial charge is 0.394 e. The van der Waals surface area contributed by atoms with Crippen LogP contribution in [0.25, 0.3) is 0 Å². The Labute approximate surface area is 97.8 Å². The van der Waals surface area contributed by atoms with Crippen molar-refractivity contribution < 1.29 is 19.7 Å². The topological polar surface area (TPSA) is 71.0 Å². The molecule has 0 spiro atoms. The zero-order chi connectivity index (χ0) is 12.4. The van der Waals surface area contributed by atoms with Crippen LogP contribution in [0.15, 0.2) is 0 Å². The van der Waals surface area contributed by atoms with Crippen molar-refractivity contribution in [2.45, 2.75) is 39.0 Å². The molecular weight excluding hydrogens is 210 g/mol. The standard InChI is InChI=1S/C11H25NO4/c1-4-11(8-13,9-14)12-7-10(15-5-2)16-6-3/h10,12-14H,4-9H2,1-3H3. The minimum Gasteiger partial charge on any atom is -0.394 e. The van der Waals surface area contributed by atoms with Crippen LogP contribution < -0.4 is 5.32 Å². The third-order valence-electron chi connectivity index (χ3n) is 2.63. The van der Waals surface area contributed by atoms with Gasteiger partial charge in [-0.2, -0.15) is 0 Å². The fourth-order valence-corrected chi connectivity index (χ4v) is 1.35. The van der Waals surface area contributed by atoms with Gasteiger partial charge in [0.2, 0.25) is 0 Å². The highest BCUT2D eigenvalue weighted by molar-refractivity contribution is 4.85. The van der Waals surface area contributed by atoms with E-state index >= 15 is 0 Å². The Morgan fingerprint density at radius 3 is 1.88 bits per heavy atom. The average Bonchev–Trinajstić information content (AvgIpc) is 2.32. The molecule has 0 rings (SSSR count). The van der Waals surface area contributed by atoms with E-state index in [9.17, 15) is 10.2 Å². The monoisotopic (exact) mass is 235 g/mol. The molecule has 0 aromatic rings. The maximum atomic E-state index is 9.25. The van der Waals surface area contributed by atoms with Gasteiger partial charge in [-0.1, -0.05) is 6.92 Å². The van der Waals surface area contributed by atoms with Gasteiger partial charge in [0.15, 0.2) is 6.29 Å². The second-order valence-electron chi connectivity index (χ2n) is 3.67. The Balaban J connectivity index is 4.13. The summed E-state index contributed by atoms with van der Waals surface area (Å²) in [6, 6.07) is 0. The summed E-state index contributed by atoms with van der Waals surface area (Å²) in [5.41, 5.74) is -0.646. The molecule has 5 nitrogen and oxygen atoms in total. The zero-order valence-corrected chi connectivity index (χ0v) is 10.5. The number of aliphatic hydroxyl groups excluding tert-OH is 2. The van der Waals surface area contributed by atoms with Gasteiger partial charge in [0, 0.05) is 19.8 Å². The van der Waals surface area contributed by atoms with Crippen molar-refractivity contribution in [2.24, 2.45) is 0 Å². The first-order valence-electron chi connectivity index (χ1n) is 5.87. The summed E-state index contributed by atoms with van der Waals surface area (Å²) in [4.78, 5) is 0. The molecule has 0 aliphatic carbocycles. The Hall–Kier alpha value is -0.200. The lowest BCUT2D eigenvalue weighted by molar-refractivity contribution is -0.137. The van der Waals surface area contributed by atoms with E-state index < -0.39 is 5.54 Å². The SMILES string of the molecule is CCOC(CNC(CC)(CO)CO)OCC. The van der Waals surface area contributed by atoms with E-state index in [1.807, 2.05) is 20.8 Å². The normalized spacial score (nSPS) is 12.4. The minimum atomic E-state index is -0.646. The fourth-order valence-electron chi connectivity index (χ4n) is 1.35. The quantitative estimate of drug-likeness (QED) is 0.469. The molecule has 3 N–H and O–H groups in total. The van der Waals surface area contributed by atoms with Crippen LogP contribution >= 0.6 is 0 Å². The Morgan fingerprint density at radius 2 is 1.56 bits per heavy atom. The molecule has 0 aliphatic rings. The number of hydrogen-bond donors (Lipinski definition) is 3. The van der Waals surface area contributed by atoms with Gasteiger partial charge in [-0.3, -0.25) is 0 Å². The van der Waals surface area contributed by atoms with Crippen LogP contribution in [0.1, 0.15) is 27.2 Å². The molecule has 0 aromatic carbocycles. The van der Waals surface area contributed by atoms with E-state index in [0.717, 1.165) is 0 Å². The molecule has 0 unspecified atom stereocenters. The second kappa shape index (κ2) is 8.90. The van der Waals surface area contributed by atoms with E-state index in [1.165, 1.54) is 0 Å². The summed E-state index contributed by atoms with van der Waals surface area (Å²) in [5.74, 6) is 0. The average molecular weight is 235 g/mol. The molecule has 0 amide bonds. The van der Waals surface area contributed by atoms with Crippen molar-refractivity contribution in [1.29, 1.82) is 0 Å². The molecule has 0 atom stereocenters. The fraction of sp³-hybridized carbons (Fsp3) is 1.00. The Morgan fingerprint density at radius 1 is 1.06 bits per heavy atom. The lowest BCUT2D eigenvalue weighted by Gasteiger charge is -2.31. The van der Waals surface area contributed by atoms with Crippen LogP contribution in [-0.4, -0.2) is 55.0 Å². The van der Waals surface area contributed by atoms with Crippen molar-refractivity contribution in [2.75, 3.05) is 33.0 Å². The highest BCUT2D eigenvalue weighted by Crippen LogP contribution is 2.08. The molecule has 98 valence electrons. The van der Waals surface area contributed by atoms with Gasteiger partial charge in [-0.05, 0) is 20.3 Å². The van der Waals surface area contributed by atoms with Gasteiger partial charge >= 0.3 is 0 Å². The van der Waals surface area contributed by atoms with Gasteiger partial charge in [-0.15, -0.1) is 0 Å². The van der Waals surface area contributed by atoms with E-state index in [4.69, 9.17) is 9.47 Å². The van der Waals surface area contributed by atoms with Crippen molar-refractivity contribution in [3.05, 3.63) is 0 Å². The van der Waals surface area contributed by atoms with Gasteiger partial charge < -0.3 is 25.0 Å².